The molecule has 6 heteroatoms. The molecule has 0 unspecified atom stereocenters. The van der Waals surface area contributed by atoms with Crippen molar-refractivity contribution in [1.29, 1.82) is 0 Å². The molecule has 0 fully saturated rings. The third-order valence-corrected chi connectivity index (χ3v) is 0.352. The van der Waals surface area contributed by atoms with Crippen LogP contribution in [-0.2, 0) is 4.79 Å². The number of nitrogens with one attached hydrogen (secondary N) is 1. The number of hydrogen-bond acceptors (Lipinski definition) is 1. The van der Waals surface area contributed by atoms with E-state index in [-0.39, 0.29) is 5.91 Å². The van der Waals surface area contributed by atoms with Crippen molar-refractivity contribution in [3.63, 3.8) is 0 Å². The van der Waals surface area contributed by atoms with Crippen molar-refractivity contribution in [3.8, 4) is 0 Å². The van der Waals surface area contributed by atoms with Crippen molar-refractivity contribution >= 4 is 17.5 Å². The van der Waals surface area contributed by atoms with Gasteiger partial charge in [0.15, 0.2) is 0 Å². The van der Waals surface area contributed by atoms with E-state index in [0.717, 1.165) is 0 Å². The molecular formula is C5H11ClF3NO. The van der Waals surface area contributed by atoms with Gasteiger partial charge in [0.1, 0.15) is 0 Å². The minimum absolute atomic E-state index is 0.00463. The Morgan fingerprint density at radius 1 is 1.36 bits per heavy atom. The van der Waals surface area contributed by atoms with E-state index >= 15 is 0 Å². The highest BCUT2D eigenvalue weighted by molar-refractivity contribution is 6.15. The van der Waals surface area contributed by atoms with Crippen molar-refractivity contribution < 1.29 is 18.0 Å². The monoisotopic (exact) mass is 193 g/mol. The molecule has 0 heterocycles. The molecule has 1 amide bonds. The molecule has 70 valence electrons. The molecule has 0 saturated carbocycles. The molecule has 0 bridgehead atoms. The van der Waals surface area contributed by atoms with Crippen LogP contribution in [-0.4, -0.2) is 26.0 Å². The number of carbonyl (C=O) groups is 1. The summed E-state index contributed by atoms with van der Waals surface area (Å²) in [6.07, 6.45) is 1.47. The van der Waals surface area contributed by atoms with E-state index in [9.17, 15) is 18.0 Å². The van der Waals surface area contributed by atoms with Gasteiger partial charge < -0.3 is 5.32 Å². The Labute approximate surface area is 68.7 Å². The first kappa shape index (κ1) is 16.9. The number of amides is 1. The topological polar surface area (TPSA) is 29.1 Å². The van der Waals surface area contributed by atoms with Gasteiger partial charge in [-0.2, -0.15) is 13.2 Å². The number of rotatable bonds is 0. The lowest BCUT2D eigenvalue weighted by atomic mass is 10.7. The van der Waals surface area contributed by atoms with E-state index in [1.54, 1.807) is 7.05 Å². The molecule has 0 aromatic heterocycles. The van der Waals surface area contributed by atoms with Crippen molar-refractivity contribution in [2.45, 2.75) is 13.6 Å². The maximum Gasteiger partial charge on any atom is 0.379 e. The summed E-state index contributed by atoms with van der Waals surface area (Å²) in [5.41, 5.74) is 0. The molecule has 0 aliphatic carbocycles. The highest BCUT2D eigenvalue weighted by Crippen LogP contribution is 1.87. The molecule has 0 atom stereocenters. The first-order valence-corrected chi connectivity index (χ1v) is 3.24. The molecule has 0 saturated heterocycles. The molecule has 1 N–H and O–H groups in total. The number of halogens is 4. The standard InChI is InChI=1S/C3H7NO.CH3Cl.CHF3/c1-3(5)4-2;1-2;2-1(3)4/h1-2H3,(H,4,5);1H3;1H. The molecule has 0 spiro atoms. The molecule has 0 aromatic carbocycles. The van der Waals surface area contributed by atoms with Gasteiger partial charge in [-0.05, 0) is 0 Å². The van der Waals surface area contributed by atoms with Crippen LogP contribution in [0.1, 0.15) is 6.92 Å². The molecule has 0 rings (SSSR count). The van der Waals surface area contributed by atoms with Crippen molar-refractivity contribution in [1.82, 2.24) is 5.32 Å². The Morgan fingerprint density at radius 2 is 1.45 bits per heavy atom. The Hall–Kier alpha value is -0.450. The molecular weight excluding hydrogens is 183 g/mol. The van der Waals surface area contributed by atoms with Gasteiger partial charge in [0.05, 0.1) is 0 Å². The SMILES string of the molecule is CCl.CNC(C)=O.FC(F)F. The first-order chi connectivity index (χ1) is 5.00. The van der Waals surface area contributed by atoms with Gasteiger partial charge in [0.2, 0.25) is 5.91 Å². The summed E-state index contributed by atoms with van der Waals surface area (Å²) in [5, 5.41) is 2.39. The summed E-state index contributed by atoms with van der Waals surface area (Å²) in [4.78, 5) is 9.70. The zero-order chi connectivity index (χ0) is 9.86. The van der Waals surface area contributed by atoms with Crippen LogP contribution in [0.2, 0.25) is 0 Å². The van der Waals surface area contributed by atoms with Gasteiger partial charge in [0.25, 0.3) is 0 Å². The predicted octanol–water partition coefficient (Wildman–Crippen LogP) is 1.79. The maximum absolute atomic E-state index is 9.70. The van der Waals surface area contributed by atoms with Crippen molar-refractivity contribution in [2.24, 2.45) is 0 Å². The smallest absolute Gasteiger partial charge is 0.359 e. The van der Waals surface area contributed by atoms with Crippen LogP contribution < -0.4 is 5.32 Å². The van der Waals surface area contributed by atoms with Gasteiger partial charge in [-0.15, -0.1) is 11.6 Å². The van der Waals surface area contributed by atoms with Crippen LogP contribution in [0.5, 0.6) is 0 Å². The van der Waals surface area contributed by atoms with Crippen LogP contribution >= 0.6 is 11.6 Å². The predicted molar refractivity (Wildman–Crippen MR) is 38.6 cm³/mol. The van der Waals surface area contributed by atoms with Gasteiger partial charge >= 0.3 is 6.68 Å². The number of carbonyl (C=O) groups excluding carboxylic acids is 1. The van der Waals surface area contributed by atoms with Gasteiger partial charge in [0, 0.05) is 20.4 Å². The molecule has 0 aromatic rings. The van der Waals surface area contributed by atoms with Crippen LogP contribution in [0.15, 0.2) is 0 Å². The van der Waals surface area contributed by atoms with Crippen LogP contribution in [0.25, 0.3) is 0 Å². The Bertz CT molecular complexity index is 79.4. The summed E-state index contributed by atoms with van der Waals surface area (Å²) < 4.78 is 29.0. The van der Waals surface area contributed by atoms with Crippen LogP contribution in [0.3, 0.4) is 0 Å². The largest absolute Gasteiger partial charge is 0.379 e. The normalized spacial score (nSPS) is 6.91. The van der Waals surface area contributed by atoms with Gasteiger partial charge in [-0.1, -0.05) is 0 Å². The maximum atomic E-state index is 9.70. The zero-order valence-corrected chi connectivity index (χ0v) is 7.25. The minimum Gasteiger partial charge on any atom is -0.359 e. The third kappa shape index (κ3) is 227. The van der Waals surface area contributed by atoms with E-state index < -0.39 is 6.68 Å². The summed E-state index contributed by atoms with van der Waals surface area (Å²) >= 11 is 4.64. The zero-order valence-electron chi connectivity index (χ0n) is 6.50. The second-order valence-electron chi connectivity index (χ2n) is 1.05. The lowest BCUT2D eigenvalue weighted by Crippen LogP contribution is -2.11. The molecule has 2 nitrogen and oxygen atoms in total. The van der Waals surface area contributed by atoms with Gasteiger partial charge in [-0.25, -0.2) is 0 Å². The van der Waals surface area contributed by atoms with E-state index in [0.29, 0.717) is 0 Å². The highest BCUT2D eigenvalue weighted by Gasteiger charge is 1.86. The Kier molecular flexibility index (Phi) is 25.0. The van der Waals surface area contributed by atoms with Crippen molar-refractivity contribution in [3.05, 3.63) is 0 Å². The average molecular weight is 194 g/mol. The quantitative estimate of drug-likeness (QED) is 0.584. The fourth-order valence-electron chi connectivity index (χ4n) is 0. The third-order valence-electron chi connectivity index (χ3n) is 0.352. The van der Waals surface area contributed by atoms with Crippen LogP contribution in [0, 0.1) is 0 Å². The van der Waals surface area contributed by atoms with E-state index in [2.05, 4.69) is 16.9 Å². The molecule has 0 aliphatic rings. The average Bonchev–Trinajstić information content (AvgIpc) is 1.91. The first-order valence-electron chi connectivity index (χ1n) is 2.49. The summed E-state index contributed by atoms with van der Waals surface area (Å²) in [7, 11) is 1.60. The van der Waals surface area contributed by atoms with Crippen LogP contribution in [0.4, 0.5) is 13.2 Å². The second-order valence-corrected chi connectivity index (χ2v) is 1.05. The fourth-order valence-corrected chi connectivity index (χ4v) is 0. The van der Waals surface area contributed by atoms with E-state index in [1.807, 2.05) is 0 Å². The summed E-state index contributed by atoms with van der Waals surface area (Å²) in [5.74, 6) is 0.00463. The molecule has 0 radical (unpaired) electrons. The van der Waals surface area contributed by atoms with Gasteiger partial charge in [-0.3, -0.25) is 4.79 Å². The molecule has 11 heavy (non-hydrogen) atoms. The van der Waals surface area contributed by atoms with E-state index in [4.69, 9.17) is 0 Å². The summed E-state index contributed by atoms with van der Waals surface area (Å²) in [6.45, 7) is -2.19. The fraction of sp³-hybridized carbons (Fsp3) is 0.800. The lowest BCUT2D eigenvalue weighted by molar-refractivity contribution is -0.118. The lowest BCUT2D eigenvalue weighted by Gasteiger charge is -1.80. The highest BCUT2D eigenvalue weighted by atomic mass is 35.5. The second kappa shape index (κ2) is 16.3. The Morgan fingerprint density at radius 3 is 1.45 bits per heavy atom. The number of alkyl halides is 4. The van der Waals surface area contributed by atoms with Crippen molar-refractivity contribution in [2.75, 3.05) is 13.4 Å². The Balaban J connectivity index is -0.0000000965. The minimum atomic E-state index is -3.67. The summed E-state index contributed by atoms with van der Waals surface area (Å²) in [6, 6.07) is 0. The van der Waals surface area contributed by atoms with E-state index in [1.165, 1.54) is 13.3 Å². The molecule has 0 aliphatic heterocycles. The number of hydrogen-bond donors (Lipinski definition) is 1.